The Morgan fingerprint density at radius 1 is 0.875 bits per heavy atom. The van der Waals surface area contributed by atoms with Gasteiger partial charge in [0, 0.05) is 0 Å². The second-order valence-electron chi connectivity index (χ2n) is 4.43. The van der Waals surface area contributed by atoms with E-state index in [0.717, 1.165) is 18.4 Å². The topological polar surface area (TPSA) is 40.5 Å². The fraction of sp³-hybridized carbons (Fsp3) is 0.857. The molecule has 0 bridgehead atoms. The van der Waals surface area contributed by atoms with Crippen LogP contribution in [0.4, 0.5) is 0 Å². The molecule has 0 saturated carbocycles. The van der Waals surface area contributed by atoms with Gasteiger partial charge < -0.3 is 10.2 Å². The molecule has 0 atom stereocenters. The van der Waals surface area contributed by atoms with Crippen molar-refractivity contribution in [3.05, 3.63) is 11.6 Å². The van der Waals surface area contributed by atoms with E-state index < -0.39 is 0 Å². The summed E-state index contributed by atoms with van der Waals surface area (Å²) in [4.78, 5) is 0. The summed E-state index contributed by atoms with van der Waals surface area (Å²) in [7, 11) is 0. The minimum atomic E-state index is 0.0485. The predicted octanol–water partition coefficient (Wildman–Crippen LogP) is 3.43. The lowest BCUT2D eigenvalue weighted by Gasteiger charge is -2.04. The summed E-state index contributed by atoms with van der Waals surface area (Å²) in [5.41, 5.74) is 0.980. The van der Waals surface area contributed by atoms with Gasteiger partial charge in [-0.3, -0.25) is 0 Å². The lowest BCUT2D eigenvalue weighted by atomic mass is 10.0. The number of aliphatic hydroxyl groups is 2. The fourth-order valence-corrected chi connectivity index (χ4v) is 1.86. The zero-order chi connectivity index (χ0) is 12.1. The van der Waals surface area contributed by atoms with Crippen LogP contribution in [0.2, 0.25) is 0 Å². The van der Waals surface area contributed by atoms with E-state index in [9.17, 15) is 0 Å². The van der Waals surface area contributed by atoms with Crippen molar-refractivity contribution in [3.8, 4) is 0 Å². The van der Waals surface area contributed by atoms with Crippen LogP contribution in [0.3, 0.4) is 0 Å². The van der Waals surface area contributed by atoms with Crippen LogP contribution in [-0.4, -0.2) is 23.4 Å². The van der Waals surface area contributed by atoms with Crippen LogP contribution in [0.1, 0.15) is 64.7 Å². The monoisotopic (exact) mass is 228 g/mol. The van der Waals surface area contributed by atoms with Crippen molar-refractivity contribution in [2.24, 2.45) is 0 Å². The van der Waals surface area contributed by atoms with E-state index in [1.807, 2.05) is 0 Å². The summed E-state index contributed by atoms with van der Waals surface area (Å²) in [6, 6.07) is 0. The van der Waals surface area contributed by atoms with Gasteiger partial charge in [0.05, 0.1) is 13.2 Å². The molecule has 0 aromatic rings. The van der Waals surface area contributed by atoms with Crippen molar-refractivity contribution in [1.29, 1.82) is 0 Å². The molecule has 0 radical (unpaired) electrons. The number of aliphatic hydroxyl groups excluding tert-OH is 2. The summed E-state index contributed by atoms with van der Waals surface area (Å²) in [5, 5.41) is 17.7. The quantitative estimate of drug-likeness (QED) is 0.420. The molecular weight excluding hydrogens is 200 g/mol. The summed E-state index contributed by atoms with van der Waals surface area (Å²) in [6.07, 6.45) is 13.1. The Balaban J connectivity index is 3.22. The van der Waals surface area contributed by atoms with Gasteiger partial charge in [-0.15, -0.1) is 0 Å². The summed E-state index contributed by atoms with van der Waals surface area (Å²) in [6.45, 7) is 2.38. The first-order valence-electron chi connectivity index (χ1n) is 6.74. The van der Waals surface area contributed by atoms with Gasteiger partial charge in [0.25, 0.3) is 0 Å². The standard InChI is InChI=1S/C14H28O2/c1-2-3-4-5-6-7-8-9-10-14(13-16)11-12-15/h11,15-16H,2-10,12-13H2,1H3/b14-11+. The third kappa shape index (κ3) is 10.2. The molecule has 2 nitrogen and oxygen atoms in total. The molecule has 0 aromatic heterocycles. The van der Waals surface area contributed by atoms with Crippen molar-refractivity contribution < 1.29 is 10.2 Å². The molecule has 0 unspecified atom stereocenters. The van der Waals surface area contributed by atoms with Crippen molar-refractivity contribution in [2.45, 2.75) is 64.7 Å². The van der Waals surface area contributed by atoms with Gasteiger partial charge in [-0.05, 0) is 18.4 Å². The Labute approximate surface area is 100 Å². The molecule has 0 amide bonds. The highest BCUT2D eigenvalue weighted by atomic mass is 16.3. The molecule has 0 heterocycles. The molecule has 0 aromatic carbocycles. The van der Waals surface area contributed by atoms with Gasteiger partial charge in [-0.25, -0.2) is 0 Å². The summed E-state index contributed by atoms with van der Waals surface area (Å²) in [5.74, 6) is 0. The molecule has 0 fully saturated rings. The Morgan fingerprint density at radius 2 is 1.44 bits per heavy atom. The maximum absolute atomic E-state index is 8.98. The highest BCUT2D eigenvalue weighted by Crippen LogP contribution is 2.12. The van der Waals surface area contributed by atoms with E-state index in [1.54, 1.807) is 6.08 Å². The SMILES string of the molecule is CCCCCCCCCC/C(=C\CO)CO. The average molecular weight is 228 g/mol. The predicted molar refractivity (Wildman–Crippen MR) is 69.5 cm³/mol. The largest absolute Gasteiger partial charge is 0.392 e. The van der Waals surface area contributed by atoms with Crippen LogP contribution in [0.15, 0.2) is 11.6 Å². The molecule has 96 valence electrons. The highest BCUT2D eigenvalue weighted by molar-refractivity contribution is 5.01. The zero-order valence-electron chi connectivity index (χ0n) is 10.7. The normalized spacial score (nSPS) is 12.1. The van der Waals surface area contributed by atoms with E-state index >= 15 is 0 Å². The van der Waals surface area contributed by atoms with Gasteiger partial charge in [-0.1, -0.05) is 57.9 Å². The van der Waals surface area contributed by atoms with E-state index in [4.69, 9.17) is 10.2 Å². The summed E-state index contributed by atoms with van der Waals surface area (Å²) >= 11 is 0. The van der Waals surface area contributed by atoms with Gasteiger partial charge in [0.15, 0.2) is 0 Å². The molecular formula is C14H28O2. The molecule has 0 aliphatic carbocycles. The minimum absolute atomic E-state index is 0.0485. The zero-order valence-corrected chi connectivity index (χ0v) is 10.7. The molecule has 0 spiro atoms. The lowest BCUT2D eigenvalue weighted by Crippen LogP contribution is -1.93. The van der Waals surface area contributed by atoms with Crippen LogP contribution < -0.4 is 0 Å². The van der Waals surface area contributed by atoms with E-state index in [2.05, 4.69) is 6.92 Å². The van der Waals surface area contributed by atoms with Crippen LogP contribution in [0, 0.1) is 0 Å². The van der Waals surface area contributed by atoms with E-state index in [1.165, 1.54) is 44.9 Å². The number of rotatable bonds is 11. The van der Waals surface area contributed by atoms with Gasteiger partial charge >= 0.3 is 0 Å². The van der Waals surface area contributed by atoms with Gasteiger partial charge in [-0.2, -0.15) is 0 Å². The van der Waals surface area contributed by atoms with E-state index in [-0.39, 0.29) is 13.2 Å². The Morgan fingerprint density at radius 3 is 1.94 bits per heavy atom. The van der Waals surface area contributed by atoms with Crippen LogP contribution in [0.5, 0.6) is 0 Å². The van der Waals surface area contributed by atoms with Crippen LogP contribution in [-0.2, 0) is 0 Å². The van der Waals surface area contributed by atoms with Crippen molar-refractivity contribution in [2.75, 3.05) is 13.2 Å². The maximum atomic E-state index is 8.98. The Hall–Kier alpha value is -0.340. The molecule has 0 rings (SSSR count). The molecule has 16 heavy (non-hydrogen) atoms. The van der Waals surface area contributed by atoms with Gasteiger partial charge in [0.2, 0.25) is 0 Å². The Kier molecular flexibility index (Phi) is 12.5. The molecule has 0 aliphatic rings. The first-order valence-corrected chi connectivity index (χ1v) is 6.74. The average Bonchev–Trinajstić information content (AvgIpc) is 2.31. The lowest BCUT2D eigenvalue weighted by molar-refractivity contribution is 0.314. The second kappa shape index (κ2) is 12.7. The van der Waals surface area contributed by atoms with Crippen LogP contribution in [0.25, 0.3) is 0 Å². The van der Waals surface area contributed by atoms with Crippen molar-refractivity contribution in [3.63, 3.8) is 0 Å². The van der Waals surface area contributed by atoms with E-state index in [0.29, 0.717) is 0 Å². The smallest absolute Gasteiger partial charge is 0.0642 e. The first kappa shape index (κ1) is 15.7. The third-order valence-electron chi connectivity index (χ3n) is 2.93. The third-order valence-corrected chi connectivity index (χ3v) is 2.93. The Bertz CT molecular complexity index is 164. The van der Waals surface area contributed by atoms with Crippen molar-refractivity contribution >= 4 is 0 Å². The van der Waals surface area contributed by atoms with Gasteiger partial charge in [0.1, 0.15) is 0 Å². The number of unbranched alkanes of at least 4 members (excludes halogenated alkanes) is 7. The highest BCUT2D eigenvalue weighted by Gasteiger charge is 1.96. The number of hydrogen-bond donors (Lipinski definition) is 2. The molecule has 2 heteroatoms. The maximum Gasteiger partial charge on any atom is 0.0642 e. The second-order valence-corrected chi connectivity index (χ2v) is 4.43. The molecule has 0 aliphatic heterocycles. The molecule has 2 N–H and O–H groups in total. The summed E-state index contributed by atoms with van der Waals surface area (Å²) < 4.78 is 0. The first-order chi connectivity index (χ1) is 7.85. The molecule has 0 saturated heterocycles. The number of hydrogen-bond acceptors (Lipinski definition) is 2. The van der Waals surface area contributed by atoms with Crippen molar-refractivity contribution in [1.82, 2.24) is 0 Å². The minimum Gasteiger partial charge on any atom is -0.392 e. The van der Waals surface area contributed by atoms with Crippen LogP contribution >= 0.6 is 0 Å². The fourth-order valence-electron chi connectivity index (χ4n) is 1.86.